The van der Waals surface area contributed by atoms with Crippen LogP contribution in [0.25, 0.3) is 0 Å². The summed E-state index contributed by atoms with van der Waals surface area (Å²) in [5, 5.41) is 2.79. The summed E-state index contributed by atoms with van der Waals surface area (Å²) in [7, 11) is 1.73. The quantitative estimate of drug-likeness (QED) is 0.925. The molecule has 0 saturated heterocycles. The van der Waals surface area contributed by atoms with E-state index in [0.717, 1.165) is 0 Å². The van der Waals surface area contributed by atoms with Gasteiger partial charge in [-0.25, -0.2) is 0 Å². The number of likely N-dealkylation sites (N-methyl/N-ethyl adjacent to an activating group) is 1. The summed E-state index contributed by atoms with van der Waals surface area (Å²) in [6.45, 7) is 4.51. The van der Waals surface area contributed by atoms with Crippen molar-refractivity contribution < 1.29 is 18.7 Å². The van der Waals surface area contributed by atoms with Crippen molar-refractivity contribution in [2.24, 2.45) is 0 Å². The predicted octanol–water partition coefficient (Wildman–Crippen LogP) is 2.61. The van der Waals surface area contributed by atoms with Gasteiger partial charge in [0.25, 0.3) is 11.8 Å². The Hall–Kier alpha value is -2.76. The Morgan fingerprint density at radius 2 is 2.04 bits per heavy atom. The van der Waals surface area contributed by atoms with Crippen LogP contribution in [0.5, 0.6) is 5.75 Å². The number of carbonyl (C=O) groups excluding carboxylic acids is 2. The van der Waals surface area contributed by atoms with Crippen molar-refractivity contribution in [1.82, 2.24) is 4.90 Å². The monoisotopic (exact) mass is 314 g/mol. The molecule has 0 saturated carbocycles. The van der Waals surface area contributed by atoms with Crippen molar-refractivity contribution in [2.45, 2.75) is 13.8 Å². The molecule has 1 aliphatic rings. The molecular weight excluding hydrogens is 296 g/mol. The van der Waals surface area contributed by atoms with Crippen LogP contribution < -0.4 is 10.1 Å². The first-order valence-electron chi connectivity index (χ1n) is 7.36. The zero-order valence-corrected chi connectivity index (χ0v) is 13.3. The number of ether oxygens (including phenoxy) is 1. The Kier molecular flexibility index (Phi) is 3.82. The van der Waals surface area contributed by atoms with E-state index in [1.54, 1.807) is 50.1 Å². The van der Waals surface area contributed by atoms with Gasteiger partial charge in [0.1, 0.15) is 23.9 Å². The molecule has 1 aliphatic heterocycles. The topological polar surface area (TPSA) is 71.8 Å². The van der Waals surface area contributed by atoms with Crippen LogP contribution in [0.15, 0.2) is 28.7 Å². The molecule has 0 fully saturated rings. The minimum atomic E-state index is -0.269. The largest absolute Gasteiger partial charge is 0.491 e. The third kappa shape index (κ3) is 2.92. The van der Waals surface area contributed by atoms with Gasteiger partial charge in [-0.05, 0) is 38.1 Å². The van der Waals surface area contributed by atoms with Gasteiger partial charge in [-0.1, -0.05) is 0 Å². The minimum Gasteiger partial charge on any atom is -0.491 e. The summed E-state index contributed by atoms with van der Waals surface area (Å²) in [6, 6.07) is 6.75. The maximum Gasteiger partial charge on any atom is 0.259 e. The van der Waals surface area contributed by atoms with Gasteiger partial charge in [0.05, 0.1) is 17.7 Å². The maximum atomic E-state index is 12.3. The zero-order valence-electron chi connectivity index (χ0n) is 13.3. The second-order valence-electron chi connectivity index (χ2n) is 5.57. The molecule has 1 N–H and O–H groups in total. The van der Waals surface area contributed by atoms with Crippen LogP contribution >= 0.6 is 0 Å². The third-order valence-corrected chi connectivity index (χ3v) is 3.78. The number of amides is 2. The molecule has 6 heteroatoms. The number of nitrogens with zero attached hydrogens (tertiary/aromatic N) is 1. The highest BCUT2D eigenvalue weighted by molar-refractivity contribution is 6.06. The normalized spacial score (nSPS) is 14.0. The molecule has 1 aromatic carbocycles. The Morgan fingerprint density at radius 1 is 1.26 bits per heavy atom. The summed E-state index contributed by atoms with van der Waals surface area (Å²) in [5.41, 5.74) is 1.47. The van der Waals surface area contributed by atoms with Crippen molar-refractivity contribution in [3.63, 3.8) is 0 Å². The van der Waals surface area contributed by atoms with Gasteiger partial charge in [-0.15, -0.1) is 0 Å². The molecule has 0 radical (unpaired) electrons. The number of carbonyl (C=O) groups is 2. The van der Waals surface area contributed by atoms with E-state index < -0.39 is 0 Å². The highest BCUT2D eigenvalue weighted by Crippen LogP contribution is 2.26. The Morgan fingerprint density at radius 3 is 2.74 bits per heavy atom. The van der Waals surface area contributed by atoms with E-state index in [9.17, 15) is 9.59 Å². The summed E-state index contributed by atoms with van der Waals surface area (Å²) in [5.74, 6) is 1.39. The van der Waals surface area contributed by atoms with Crippen LogP contribution in [0.1, 0.15) is 32.2 Å². The van der Waals surface area contributed by atoms with Crippen LogP contribution in [0.4, 0.5) is 5.69 Å². The number of rotatable bonds is 2. The fourth-order valence-electron chi connectivity index (χ4n) is 2.56. The van der Waals surface area contributed by atoms with Crippen LogP contribution in [-0.2, 0) is 0 Å². The van der Waals surface area contributed by atoms with Gasteiger partial charge in [0.15, 0.2) is 0 Å². The molecule has 0 atom stereocenters. The lowest BCUT2D eigenvalue weighted by Crippen LogP contribution is -2.27. The van der Waals surface area contributed by atoms with E-state index in [-0.39, 0.29) is 11.8 Å². The first-order chi connectivity index (χ1) is 11.0. The summed E-state index contributed by atoms with van der Waals surface area (Å²) in [6.07, 6.45) is 0. The molecule has 0 aliphatic carbocycles. The summed E-state index contributed by atoms with van der Waals surface area (Å²) < 4.78 is 10.9. The second kappa shape index (κ2) is 5.79. The van der Waals surface area contributed by atoms with E-state index >= 15 is 0 Å². The van der Waals surface area contributed by atoms with E-state index in [4.69, 9.17) is 9.15 Å². The first-order valence-corrected chi connectivity index (χ1v) is 7.36. The van der Waals surface area contributed by atoms with E-state index in [0.29, 0.717) is 47.2 Å². The lowest BCUT2D eigenvalue weighted by molar-refractivity contribution is 0.0796. The predicted molar refractivity (Wildman–Crippen MR) is 85.0 cm³/mol. The number of hydrogen-bond acceptors (Lipinski definition) is 4. The molecule has 0 bridgehead atoms. The molecule has 2 aromatic rings. The molecule has 120 valence electrons. The molecule has 6 nitrogen and oxygen atoms in total. The number of fused-ring (bicyclic) bond motifs is 1. The number of aryl methyl sites for hydroxylation is 2. The van der Waals surface area contributed by atoms with Crippen LogP contribution in [0, 0.1) is 13.8 Å². The SMILES string of the molecule is Cc1cc(C(=O)Nc2ccc3c(c2)C(=O)N(C)CCO3)c(C)o1. The van der Waals surface area contributed by atoms with Crippen molar-refractivity contribution in [2.75, 3.05) is 25.5 Å². The van der Waals surface area contributed by atoms with Crippen LogP contribution in [0.2, 0.25) is 0 Å². The third-order valence-electron chi connectivity index (χ3n) is 3.78. The van der Waals surface area contributed by atoms with Crippen LogP contribution in [-0.4, -0.2) is 36.9 Å². The summed E-state index contributed by atoms with van der Waals surface area (Å²) >= 11 is 0. The summed E-state index contributed by atoms with van der Waals surface area (Å²) in [4.78, 5) is 26.3. The standard InChI is InChI=1S/C17H18N2O4/c1-10-8-13(11(2)23-10)16(20)18-12-4-5-15-14(9-12)17(21)19(3)6-7-22-15/h4-5,8-9H,6-7H2,1-3H3,(H,18,20). The smallest absolute Gasteiger partial charge is 0.259 e. The van der Waals surface area contributed by atoms with Gasteiger partial charge >= 0.3 is 0 Å². The average Bonchev–Trinajstić information content (AvgIpc) is 2.79. The Balaban J connectivity index is 1.87. The average molecular weight is 314 g/mol. The van der Waals surface area contributed by atoms with E-state index in [1.165, 1.54) is 0 Å². The highest BCUT2D eigenvalue weighted by atomic mass is 16.5. The number of benzene rings is 1. The lowest BCUT2D eigenvalue weighted by Gasteiger charge is -2.13. The van der Waals surface area contributed by atoms with Crippen molar-refractivity contribution in [3.8, 4) is 5.75 Å². The number of nitrogens with one attached hydrogen (secondary N) is 1. The Labute approximate surface area is 134 Å². The number of furan rings is 1. The molecule has 1 aromatic heterocycles. The number of hydrogen-bond donors (Lipinski definition) is 1. The molecular formula is C17H18N2O4. The highest BCUT2D eigenvalue weighted by Gasteiger charge is 2.22. The van der Waals surface area contributed by atoms with E-state index in [2.05, 4.69) is 5.32 Å². The molecule has 2 amide bonds. The van der Waals surface area contributed by atoms with E-state index in [1.807, 2.05) is 0 Å². The molecule has 0 unspecified atom stereocenters. The van der Waals surface area contributed by atoms with Crippen molar-refractivity contribution in [3.05, 3.63) is 46.9 Å². The van der Waals surface area contributed by atoms with Gasteiger partial charge in [0, 0.05) is 12.7 Å². The van der Waals surface area contributed by atoms with Gasteiger partial charge in [0.2, 0.25) is 0 Å². The zero-order chi connectivity index (χ0) is 16.6. The first kappa shape index (κ1) is 15.1. The van der Waals surface area contributed by atoms with Crippen molar-refractivity contribution in [1.29, 1.82) is 0 Å². The molecule has 0 spiro atoms. The fraction of sp³-hybridized carbons (Fsp3) is 0.294. The van der Waals surface area contributed by atoms with Crippen molar-refractivity contribution >= 4 is 17.5 Å². The second-order valence-corrected chi connectivity index (χ2v) is 5.57. The van der Waals surface area contributed by atoms with Gasteiger partial charge in [-0.2, -0.15) is 0 Å². The fourth-order valence-corrected chi connectivity index (χ4v) is 2.56. The maximum absolute atomic E-state index is 12.3. The lowest BCUT2D eigenvalue weighted by atomic mass is 10.1. The van der Waals surface area contributed by atoms with Crippen LogP contribution in [0.3, 0.4) is 0 Å². The van der Waals surface area contributed by atoms with Gasteiger partial charge < -0.3 is 19.4 Å². The van der Waals surface area contributed by atoms with Gasteiger partial charge in [-0.3, -0.25) is 9.59 Å². The minimum absolute atomic E-state index is 0.121. The molecule has 3 rings (SSSR count). The number of anilines is 1. The molecule has 2 heterocycles. The molecule has 23 heavy (non-hydrogen) atoms. The Bertz CT molecular complexity index is 779.